The van der Waals surface area contributed by atoms with Gasteiger partial charge in [-0.3, -0.25) is 9.69 Å². The summed E-state index contributed by atoms with van der Waals surface area (Å²) in [5.74, 6) is 1.71. The summed E-state index contributed by atoms with van der Waals surface area (Å²) in [7, 11) is 0. The van der Waals surface area contributed by atoms with E-state index in [2.05, 4.69) is 14.9 Å². The normalized spacial score (nSPS) is 14.1. The predicted molar refractivity (Wildman–Crippen MR) is 103 cm³/mol. The third-order valence-electron chi connectivity index (χ3n) is 4.36. The molecule has 0 bridgehead atoms. The van der Waals surface area contributed by atoms with Crippen molar-refractivity contribution in [2.24, 2.45) is 0 Å². The second kappa shape index (κ2) is 8.60. The highest BCUT2D eigenvalue weighted by atomic mass is 32.2. The zero-order chi connectivity index (χ0) is 18.5. The van der Waals surface area contributed by atoms with Gasteiger partial charge in [-0.2, -0.15) is 0 Å². The minimum atomic E-state index is -0.0304. The van der Waals surface area contributed by atoms with Crippen molar-refractivity contribution in [2.75, 3.05) is 26.0 Å². The Morgan fingerprint density at radius 3 is 2.81 bits per heavy atom. The summed E-state index contributed by atoms with van der Waals surface area (Å²) in [5, 5.41) is 0.685. The van der Waals surface area contributed by atoms with E-state index in [1.807, 2.05) is 38.3 Å². The fourth-order valence-electron chi connectivity index (χ4n) is 3.16. The van der Waals surface area contributed by atoms with Gasteiger partial charge >= 0.3 is 0 Å². The summed E-state index contributed by atoms with van der Waals surface area (Å²) < 4.78 is 11.4. The molecule has 0 fully saturated rings. The highest BCUT2D eigenvalue weighted by Crippen LogP contribution is 2.27. The minimum absolute atomic E-state index is 0.0304. The van der Waals surface area contributed by atoms with Gasteiger partial charge in [-0.05, 0) is 38.3 Å². The second-order valence-corrected chi connectivity index (χ2v) is 6.89. The number of rotatable bonds is 7. The van der Waals surface area contributed by atoms with Crippen molar-refractivity contribution in [3.63, 3.8) is 0 Å². The first-order valence-corrected chi connectivity index (χ1v) is 10.1. The van der Waals surface area contributed by atoms with Gasteiger partial charge in [0, 0.05) is 31.6 Å². The third-order valence-corrected chi connectivity index (χ3v) is 4.94. The van der Waals surface area contributed by atoms with Crippen LogP contribution in [0.4, 0.5) is 0 Å². The van der Waals surface area contributed by atoms with E-state index in [0.29, 0.717) is 31.5 Å². The molecule has 2 heterocycles. The smallest absolute Gasteiger partial charge is 0.256 e. The van der Waals surface area contributed by atoms with E-state index >= 15 is 0 Å². The van der Waals surface area contributed by atoms with E-state index in [-0.39, 0.29) is 5.56 Å². The Kier molecular flexibility index (Phi) is 6.21. The molecule has 0 aliphatic carbocycles. The molecule has 1 aromatic heterocycles. The lowest BCUT2D eigenvalue weighted by Crippen LogP contribution is -2.35. The topological polar surface area (TPSA) is 67.5 Å². The molecule has 0 atom stereocenters. The molecule has 0 saturated heterocycles. The SMILES string of the molecule is CCOc1ccc(OCC)c(CN2CCc3nc(SC)[nH]c(=O)c3C2)c1. The number of fused-ring (bicyclic) bond motifs is 1. The van der Waals surface area contributed by atoms with E-state index in [0.717, 1.165) is 41.3 Å². The molecule has 1 aromatic carbocycles. The summed E-state index contributed by atoms with van der Waals surface area (Å²) in [4.78, 5) is 22.0. The number of H-pyrrole nitrogens is 1. The number of ether oxygens (including phenoxy) is 2. The fraction of sp³-hybridized carbons (Fsp3) is 0.474. The van der Waals surface area contributed by atoms with E-state index in [4.69, 9.17) is 9.47 Å². The third kappa shape index (κ3) is 4.22. The molecule has 1 aliphatic heterocycles. The van der Waals surface area contributed by atoms with E-state index in [1.165, 1.54) is 11.8 Å². The number of nitrogens with zero attached hydrogens (tertiary/aromatic N) is 2. The van der Waals surface area contributed by atoms with Crippen molar-refractivity contribution >= 4 is 11.8 Å². The Bertz CT molecular complexity index is 822. The average Bonchev–Trinajstić information content (AvgIpc) is 2.64. The molecule has 0 amide bonds. The van der Waals surface area contributed by atoms with Crippen LogP contribution in [0.15, 0.2) is 28.2 Å². The van der Waals surface area contributed by atoms with Crippen molar-refractivity contribution in [3.05, 3.63) is 45.4 Å². The first-order chi connectivity index (χ1) is 12.6. The summed E-state index contributed by atoms with van der Waals surface area (Å²) in [6.45, 7) is 7.36. The molecule has 26 heavy (non-hydrogen) atoms. The van der Waals surface area contributed by atoms with Crippen LogP contribution in [0.3, 0.4) is 0 Å². The molecular formula is C19H25N3O3S. The summed E-state index contributed by atoms with van der Waals surface area (Å²) in [5.41, 5.74) is 2.74. The molecular weight excluding hydrogens is 350 g/mol. The van der Waals surface area contributed by atoms with Crippen LogP contribution >= 0.6 is 11.8 Å². The van der Waals surface area contributed by atoms with Crippen LogP contribution in [0.5, 0.6) is 11.5 Å². The van der Waals surface area contributed by atoms with E-state index < -0.39 is 0 Å². The first kappa shape index (κ1) is 18.8. The van der Waals surface area contributed by atoms with Crippen molar-refractivity contribution in [2.45, 2.75) is 38.5 Å². The number of benzene rings is 1. The number of hydrogen-bond acceptors (Lipinski definition) is 6. The molecule has 1 aliphatic rings. The van der Waals surface area contributed by atoms with Gasteiger partial charge in [-0.15, -0.1) is 0 Å². The van der Waals surface area contributed by atoms with Gasteiger partial charge in [0.1, 0.15) is 11.5 Å². The largest absolute Gasteiger partial charge is 0.494 e. The molecule has 7 heteroatoms. The van der Waals surface area contributed by atoms with Crippen LogP contribution in [0, 0.1) is 0 Å². The minimum Gasteiger partial charge on any atom is -0.494 e. The average molecular weight is 375 g/mol. The Morgan fingerprint density at radius 2 is 2.08 bits per heavy atom. The van der Waals surface area contributed by atoms with Crippen molar-refractivity contribution in [3.8, 4) is 11.5 Å². The maximum Gasteiger partial charge on any atom is 0.256 e. The van der Waals surface area contributed by atoms with Crippen molar-refractivity contribution in [1.29, 1.82) is 0 Å². The lowest BCUT2D eigenvalue weighted by Gasteiger charge is -2.28. The summed E-state index contributed by atoms with van der Waals surface area (Å²) in [6.07, 6.45) is 2.70. The highest BCUT2D eigenvalue weighted by Gasteiger charge is 2.22. The Hall–Kier alpha value is -1.99. The number of thioether (sulfide) groups is 1. The van der Waals surface area contributed by atoms with Gasteiger partial charge in [-0.1, -0.05) is 11.8 Å². The number of nitrogens with one attached hydrogen (secondary N) is 1. The molecule has 0 spiro atoms. The van der Waals surface area contributed by atoms with Crippen LogP contribution in [-0.2, 0) is 19.5 Å². The molecule has 0 saturated carbocycles. The quantitative estimate of drug-likeness (QED) is 0.593. The maximum atomic E-state index is 12.4. The molecule has 0 radical (unpaired) electrons. The Balaban J connectivity index is 1.81. The molecule has 140 valence electrons. The highest BCUT2D eigenvalue weighted by molar-refractivity contribution is 7.98. The second-order valence-electron chi connectivity index (χ2n) is 6.10. The number of aromatic nitrogens is 2. The molecule has 3 rings (SSSR count). The van der Waals surface area contributed by atoms with Gasteiger partial charge in [0.2, 0.25) is 0 Å². The lowest BCUT2D eigenvalue weighted by atomic mass is 10.1. The summed E-state index contributed by atoms with van der Waals surface area (Å²) >= 11 is 1.46. The van der Waals surface area contributed by atoms with Gasteiger partial charge in [0.05, 0.1) is 24.5 Å². The lowest BCUT2D eigenvalue weighted by molar-refractivity contribution is 0.234. The van der Waals surface area contributed by atoms with Crippen LogP contribution in [0.2, 0.25) is 0 Å². The van der Waals surface area contributed by atoms with E-state index in [1.54, 1.807) is 0 Å². The Morgan fingerprint density at radius 1 is 1.27 bits per heavy atom. The van der Waals surface area contributed by atoms with Crippen LogP contribution in [0.25, 0.3) is 0 Å². The van der Waals surface area contributed by atoms with Gasteiger partial charge in [0.25, 0.3) is 5.56 Å². The molecule has 1 N–H and O–H groups in total. The van der Waals surface area contributed by atoms with Gasteiger partial charge in [0.15, 0.2) is 5.16 Å². The van der Waals surface area contributed by atoms with Gasteiger partial charge in [-0.25, -0.2) is 4.98 Å². The Labute approximate surface area is 157 Å². The maximum absolute atomic E-state index is 12.4. The zero-order valence-electron chi connectivity index (χ0n) is 15.5. The first-order valence-electron chi connectivity index (χ1n) is 8.91. The number of aromatic amines is 1. The monoisotopic (exact) mass is 375 g/mol. The van der Waals surface area contributed by atoms with Crippen LogP contribution < -0.4 is 15.0 Å². The standard InChI is InChI=1S/C19H25N3O3S/c1-4-24-14-6-7-17(25-5-2)13(10-14)11-22-9-8-16-15(12-22)18(23)21-19(20-16)26-3/h6-7,10H,4-5,8-9,11-12H2,1-3H3,(H,20,21,23). The van der Waals surface area contributed by atoms with Crippen molar-refractivity contribution in [1.82, 2.24) is 14.9 Å². The van der Waals surface area contributed by atoms with Crippen molar-refractivity contribution < 1.29 is 9.47 Å². The summed E-state index contributed by atoms with van der Waals surface area (Å²) in [6, 6.07) is 5.92. The van der Waals surface area contributed by atoms with E-state index in [9.17, 15) is 4.79 Å². The molecule has 6 nitrogen and oxygen atoms in total. The fourth-order valence-corrected chi connectivity index (χ4v) is 3.56. The zero-order valence-corrected chi connectivity index (χ0v) is 16.3. The number of hydrogen-bond donors (Lipinski definition) is 1. The van der Waals surface area contributed by atoms with Gasteiger partial charge < -0.3 is 14.5 Å². The van der Waals surface area contributed by atoms with Crippen LogP contribution in [0.1, 0.15) is 30.7 Å². The molecule has 2 aromatic rings. The predicted octanol–water partition coefficient (Wildman–Crippen LogP) is 2.85. The molecule has 0 unspecified atom stereocenters. The van der Waals surface area contributed by atoms with Crippen LogP contribution in [-0.4, -0.2) is 40.9 Å².